The van der Waals surface area contributed by atoms with Crippen LogP contribution in [0.4, 0.5) is 0 Å². The van der Waals surface area contributed by atoms with E-state index in [0.717, 1.165) is 50.4 Å². The van der Waals surface area contributed by atoms with Crippen LogP contribution in [0, 0.1) is 0 Å². The molecule has 3 rings (SSSR count). The number of benzene rings is 1. The third-order valence-electron chi connectivity index (χ3n) is 4.16. The molecule has 2 aromatic rings. The van der Waals surface area contributed by atoms with Crippen molar-refractivity contribution < 1.29 is 4.79 Å². The maximum atomic E-state index is 12.3. The normalized spacial score (nSPS) is 16.6. The topological polar surface area (TPSA) is 41.4 Å². The number of hydrogen-bond acceptors (Lipinski definition) is 3. The van der Waals surface area contributed by atoms with Crippen LogP contribution in [-0.4, -0.2) is 51.7 Å². The highest BCUT2D eigenvalue weighted by Crippen LogP contribution is 2.11. The summed E-state index contributed by atoms with van der Waals surface area (Å²) in [6.07, 6.45) is 4.03. The van der Waals surface area contributed by atoms with Gasteiger partial charge >= 0.3 is 0 Å². The Kier molecular flexibility index (Phi) is 5.08. The Morgan fingerprint density at radius 3 is 2.74 bits per heavy atom. The molecule has 1 aromatic heterocycles. The van der Waals surface area contributed by atoms with Crippen LogP contribution >= 0.6 is 0 Å². The Balaban J connectivity index is 1.63. The maximum absolute atomic E-state index is 12.3. The molecule has 0 unspecified atom stereocenters. The SMILES string of the molecule is CCCN1CCCN(Cc2ccn(-c3ccccc3)n2)CC1=O. The van der Waals surface area contributed by atoms with Crippen molar-refractivity contribution in [1.82, 2.24) is 19.6 Å². The molecule has 0 bridgehead atoms. The number of nitrogens with zero attached hydrogens (tertiary/aromatic N) is 4. The van der Waals surface area contributed by atoms with Gasteiger partial charge in [0.2, 0.25) is 5.91 Å². The van der Waals surface area contributed by atoms with Gasteiger partial charge in [0, 0.05) is 32.4 Å². The number of para-hydroxylation sites is 1. The molecule has 0 saturated carbocycles. The van der Waals surface area contributed by atoms with E-state index in [1.54, 1.807) is 0 Å². The Bertz CT molecular complexity index is 637. The Morgan fingerprint density at radius 1 is 1.13 bits per heavy atom. The van der Waals surface area contributed by atoms with E-state index in [0.29, 0.717) is 6.54 Å². The molecule has 0 aliphatic carbocycles. The molecule has 1 saturated heterocycles. The van der Waals surface area contributed by atoms with Gasteiger partial charge in [0.1, 0.15) is 0 Å². The van der Waals surface area contributed by atoms with Crippen molar-refractivity contribution in [1.29, 1.82) is 0 Å². The third-order valence-corrected chi connectivity index (χ3v) is 4.16. The quantitative estimate of drug-likeness (QED) is 0.851. The minimum atomic E-state index is 0.242. The first kappa shape index (κ1) is 15.7. The van der Waals surface area contributed by atoms with E-state index in [2.05, 4.69) is 16.9 Å². The average molecular weight is 312 g/mol. The largest absolute Gasteiger partial charge is 0.342 e. The van der Waals surface area contributed by atoms with Crippen molar-refractivity contribution in [2.24, 2.45) is 0 Å². The summed E-state index contributed by atoms with van der Waals surface area (Å²) in [7, 11) is 0. The molecule has 1 amide bonds. The molecule has 1 aliphatic rings. The summed E-state index contributed by atoms with van der Waals surface area (Å²) in [5.74, 6) is 0.242. The second kappa shape index (κ2) is 7.42. The minimum absolute atomic E-state index is 0.242. The number of amides is 1. The van der Waals surface area contributed by atoms with Gasteiger partial charge in [0.15, 0.2) is 0 Å². The minimum Gasteiger partial charge on any atom is -0.342 e. The predicted octanol–water partition coefficient (Wildman–Crippen LogP) is 2.32. The molecule has 1 fully saturated rings. The van der Waals surface area contributed by atoms with E-state index >= 15 is 0 Å². The van der Waals surface area contributed by atoms with Crippen LogP contribution in [0.3, 0.4) is 0 Å². The smallest absolute Gasteiger partial charge is 0.236 e. The highest BCUT2D eigenvalue weighted by atomic mass is 16.2. The molecule has 122 valence electrons. The number of carbonyl (C=O) groups is 1. The van der Waals surface area contributed by atoms with Gasteiger partial charge in [-0.15, -0.1) is 0 Å². The second-order valence-corrected chi connectivity index (χ2v) is 6.03. The van der Waals surface area contributed by atoms with Gasteiger partial charge in [-0.3, -0.25) is 9.69 Å². The average Bonchev–Trinajstić information content (AvgIpc) is 2.96. The third kappa shape index (κ3) is 3.99. The van der Waals surface area contributed by atoms with Crippen molar-refractivity contribution in [3.8, 4) is 5.69 Å². The molecule has 0 N–H and O–H groups in total. The van der Waals surface area contributed by atoms with Crippen LogP contribution < -0.4 is 0 Å². The molecule has 23 heavy (non-hydrogen) atoms. The molecular formula is C18H24N4O. The van der Waals surface area contributed by atoms with E-state index in [9.17, 15) is 4.79 Å². The number of hydrogen-bond donors (Lipinski definition) is 0. The van der Waals surface area contributed by atoms with E-state index in [1.807, 2.05) is 52.2 Å². The lowest BCUT2D eigenvalue weighted by atomic mass is 10.3. The molecule has 5 heteroatoms. The fourth-order valence-corrected chi connectivity index (χ4v) is 3.02. The fourth-order valence-electron chi connectivity index (χ4n) is 3.02. The second-order valence-electron chi connectivity index (χ2n) is 6.03. The van der Waals surface area contributed by atoms with Crippen LogP contribution in [-0.2, 0) is 11.3 Å². The summed E-state index contributed by atoms with van der Waals surface area (Å²) in [6.45, 7) is 6.04. The number of carbonyl (C=O) groups excluding carboxylic acids is 1. The molecule has 1 aromatic carbocycles. The monoisotopic (exact) mass is 312 g/mol. The van der Waals surface area contributed by atoms with Gasteiger partial charge in [-0.1, -0.05) is 25.1 Å². The molecule has 0 spiro atoms. The van der Waals surface area contributed by atoms with E-state index in [1.165, 1.54) is 0 Å². The Hall–Kier alpha value is -2.14. The van der Waals surface area contributed by atoms with Crippen LogP contribution in [0.15, 0.2) is 42.6 Å². The van der Waals surface area contributed by atoms with Gasteiger partial charge in [0.05, 0.1) is 17.9 Å². The summed E-state index contributed by atoms with van der Waals surface area (Å²) in [5, 5.41) is 4.64. The number of rotatable bonds is 5. The molecule has 1 aliphatic heterocycles. The highest BCUT2D eigenvalue weighted by Gasteiger charge is 2.21. The summed E-state index contributed by atoms with van der Waals surface area (Å²) in [5.41, 5.74) is 2.06. The molecule has 5 nitrogen and oxygen atoms in total. The summed E-state index contributed by atoms with van der Waals surface area (Å²) >= 11 is 0. The van der Waals surface area contributed by atoms with E-state index < -0.39 is 0 Å². The maximum Gasteiger partial charge on any atom is 0.236 e. The zero-order valence-electron chi connectivity index (χ0n) is 13.7. The predicted molar refractivity (Wildman–Crippen MR) is 90.3 cm³/mol. The zero-order valence-corrected chi connectivity index (χ0v) is 13.7. The van der Waals surface area contributed by atoms with Crippen molar-refractivity contribution in [2.45, 2.75) is 26.3 Å². The zero-order chi connectivity index (χ0) is 16.1. The van der Waals surface area contributed by atoms with E-state index in [-0.39, 0.29) is 5.91 Å². The van der Waals surface area contributed by atoms with Gasteiger partial charge in [-0.2, -0.15) is 5.10 Å². The standard InChI is InChI=1S/C18H24N4O/c1-2-10-21-12-6-11-20(15-18(21)23)14-16-9-13-22(19-16)17-7-4-3-5-8-17/h3-5,7-9,13H,2,6,10-12,14-15H2,1H3. The molecular weight excluding hydrogens is 288 g/mol. The van der Waals surface area contributed by atoms with Crippen molar-refractivity contribution in [2.75, 3.05) is 26.2 Å². The van der Waals surface area contributed by atoms with Crippen LogP contribution in [0.5, 0.6) is 0 Å². The van der Waals surface area contributed by atoms with Crippen LogP contribution in [0.1, 0.15) is 25.5 Å². The Labute approximate surface area is 137 Å². The lowest BCUT2D eigenvalue weighted by molar-refractivity contribution is -0.131. The molecule has 0 atom stereocenters. The summed E-state index contributed by atoms with van der Waals surface area (Å²) in [4.78, 5) is 16.5. The lowest BCUT2D eigenvalue weighted by Gasteiger charge is -2.20. The highest BCUT2D eigenvalue weighted by molar-refractivity contribution is 5.78. The molecule has 0 radical (unpaired) electrons. The van der Waals surface area contributed by atoms with Gasteiger partial charge < -0.3 is 4.90 Å². The van der Waals surface area contributed by atoms with E-state index in [4.69, 9.17) is 0 Å². The first-order valence-corrected chi connectivity index (χ1v) is 8.36. The first-order chi connectivity index (χ1) is 11.3. The van der Waals surface area contributed by atoms with Crippen LogP contribution in [0.25, 0.3) is 5.69 Å². The van der Waals surface area contributed by atoms with Crippen molar-refractivity contribution in [3.63, 3.8) is 0 Å². The lowest BCUT2D eigenvalue weighted by Crippen LogP contribution is -2.36. The summed E-state index contributed by atoms with van der Waals surface area (Å²) in [6, 6.07) is 12.1. The van der Waals surface area contributed by atoms with Crippen molar-refractivity contribution >= 4 is 5.91 Å². The fraction of sp³-hybridized carbons (Fsp3) is 0.444. The number of aromatic nitrogens is 2. The van der Waals surface area contributed by atoms with Crippen LogP contribution in [0.2, 0.25) is 0 Å². The molecule has 2 heterocycles. The Morgan fingerprint density at radius 2 is 1.96 bits per heavy atom. The van der Waals surface area contributed by atoms with Gasteiger partial charge in [0.25, 0.3) is 0 Å². The van der Waals surface area contributed by atoms with Crippen molar-refractivity contribution in [3.05, 3.63) is 48.3 Å². The van der Waals surface area contributed by atoms with Gasteiger partial charge in [-0.25, -0.2) is 4.68 Å². The first-order valence-electron chi connectivity index (χ1n) is 8.36. The summed E-state index contributed by atoms with van der Waals surface area (Å²) < 4.78 is 1.89. The van der Waals surface area contributed by atoms with Gasteiger partial charge in [-0.05, 0) is 31.0 Å².